The van der Waals surface area contributed by atoms with E-state index in [1.165, 1.54) is 25.2 Å². The summed E-state index contributed by atoms with van der Waals surface area (Å²) in [5.74, 6) is 0.0736. The van der Waals surface area contributed by atoms with Gasteiger partial charge in [-0.25, -0.2) is 9.78 Å². The van der Waals surface area contributed by atoms with Crippen LogP contribution in [0.1, 0.15) is 28.8 Å². The third kappa shape index (κ3) is 2.26. The number of aromatic nitrogens is 3. The molecular weight excluding hydrogens is 268 g/mol. The molecule has 2 aromatic heterocycles. The molecule has 4 rings (SSSR count). The van der Waals surface area contributed by atoms with E-state index in [1.54, 1.807) is 4.68 Å². The molecule has 0 radical (unpaired) electrons. The molecule has 2 fully saturated rings. The van der Waals surface area contributed by atoms with Gasteiger partial charge in [-0.2, -0.15) is 5.10 Å². The lowest BCUT2D eigenvalue weighted by atomic mass is 9.97. The van der Waals surface area contributed by atoms with Crippen LogP contribution < -0.4 is 4.90 Å². The van der Waals surface area contributed by atoms with Crippen LogP contribution in [-0.4, -0.2) is 38.9 Å². The fourth-order valence-electron chi connectivity index (χ4n) is 2.86. The number of carboxylic acids is 1. The molecule has 0 bridgehead atoms. The van der Waals surface area contributed by atoms with Gasteiger partial charge in [0, 0.05) is 30.9 Å². The molecule has 1 N–H and O–H groups in total. The summed E-state index contributed by atoms with van der Waals surface area (Å²) in [7, 11) is 0. The van der Waals surface area contributed by atoms with Crippen LogP contribution >= 0.6 is 0 Å². The summed E-state index contributed by atoms with van der Waals surface area (Å²) >= 11 is 0. The van der Waals surface area contributed by atoms with Gasteiger partial charge in [0.25, 0.3) is 0 Å². The molecule has 6 heteroatoms. The van der Waals surface area contributed by atoms with E-state index in [1.807, 2.05) is 18.3 Å². The second kappa shape index (κ2) is 4.31. The van der Waals surface area contributed by atoms with Gasteiger partial charge in [-0.15, -0.1) is 0 Å². The maximum absolute atomic E-state index is 10.8. The van der Waals surface area contributed by atoms with Crippen molar-refractivity contribution in [2.24, 2.45) is 5.41 Å². The molecule has 1 spiro atoms. The second-order valence-electron chi connectivity index (χ2n) is 6.11. The monoisotopic (exact) mass is 284 g/mol. The Bertz CT molecular complexity index is 680. The third-order valence-electron chi connectivity index (χ3n) is 4.37. The minimum absolute atomic E-state index is 0.204. The van der Waals surface area contributed by atoms with E-state index in [-0.39, 0.29) is 5.56 Å². The summed E-state index contributed by atoms with van der Waals surface area (Å²) in [4.78, 5) is 17.6. The van der Waals surface area contributed by atoms with Crippen LogP contribution in [0, 0.1) is 5.41 Å². The molecule has 3 heterocycles. The molecule has 0 amide bonds. The number of hydrogen-bond donors (Lipinski definition) is 1. The summed E-state index contributed by atoms with van der Waals surface area (Å²) in [6.45, 7) is 2.81. The van der Waals surface area contributed by atoms with Gasteiger partial charge < -0.3 is 10.0 Å². The largest absolute Gasteiger partial charge is 0.478 e. The Kier molecular flexibility index (Phi) is 2.54. The van der Waals surface area contributed by atoms with Crippen LogP contribution in [0.4, 0.5) is 5.82 Å². The van der Waals surface area contributed by atoms with Crippen LogP contribution in [0.2, 0.25) is 0 Å². The van der Waals surface area contributed by atoms with Crippen molar-refractivity contribution in [3.63, 3.8) is 0 Å². The molecule has 2 aromatic rings. The molecule has 1 saturated heterocycles. The van der Waals surface area contributed by atoms with E-state index in [4.69, 9.17) is 5.11 Å². The van der Waals surface area contributed by atoms with Crippen molar-refractivity contribution in [3.05, 3.63) is 41.9 Å². The second-order valence-corrected chi connectivity index (χ2v) is 6.11. The minimum atomic E-state index is -0.957. The number of rotatable bonds is 4. The highest BCUT2D eigenvalue weighted by Gasteiger charge is 2.52. The molecule has 1 aliphatic heterocycles. The smallest absolute Gasteiger partial charge is 0.338 e. The fourth-order valence-corrected chi connectivity index (χ4v) is 2.86. The molecular formula is C15H16N4O2. The molecule has 1 aliphatic carbocycles. The van der Waals surface area contributed by atoms with E-state index < -0.39 is 5.97 Å². The Labute approximate surface area is 122 Å². The first-order chi connectivity index (χ1) is 10.1. The first-order valence-electron chi connectivity index (χ1n) is 7.09. The van der Waals surface area contributed by atoms with Gasteiger partial charge >= 0.3 is 5.97 Å². The maximum atomic E-state index is 10.8. The predicted octanol–water partition coefficient (Wildman–Crippen LogP) is 1.62. The SMILES string of the molecule is O=C(O)c1cnn(Cc2ccc(N3CC4(CC4)C3)nc2)c1. The van der Waals surface area contributed by atoms with Gasteiger partial charge in [-0.05, 0) is 24.5 Å². The average Bonchev–Trinajstić information content (AvgIpc) is 3.11. The highest BCUT2D eigenvalue weighted by molar-refractivity contribution is 5.86. The first kappa shape index (κ1) is 12.4. The molecule has 0 unspecified atom stereocenters. The maximum Gasteiger partial charge on any atom is 0.338 e. The van der Waals surface area contributed by atoms with Gasteiger partial charge in [0.1, 0.15) is 5.82 Å². The molecule has 1 saturated carbocycles. The number of aromatic carboxylic acids is 1. The van der Waals surface area contributed by atoms with Crippen molar-refractivity contribution in [2.75, 3.05) is 18.0 Å². The van der Waals surface area contributed by atoms with E-state index in [0.29, 0.717) is 12.0 Å². The van der Waals surface area contributed by atoms with Crippen molar-refractivity contribution >= 4 is 11.8 Å². The Morgan fingerprint density at radius 1 is 1.29 bits per heavy atom. The van der Waals surface area contributed by atoms with Crippen molar-refractivity contribution in [3.8, 4) is 0 Å². The average molecular weight is 284 g/mol. The molecule has 6 nitrogen and oxygen atoms in total. The third-order valence-corrected chi connectivity index (χ3v) is 4.37. The zero-order valence-electron chi connectivity index (χ0n) is 11.6. The van der Waals surface area contributed by atoms with E-state index in [9.17, 15) is 4.79 Å². The standard InChI is InChI=1S/C15H16N4O2/c20-14(21)12-6-17-19(8-12)7-11-1-2-13(16-5-11)18-9-15(10-18)3-4-15/h1-2,5-6,8H,3-4,7,9-10H2,(H,20,21). The Morgan fingerprint density at radius 3 is 2.67 bits per heavy atom. The lowest BCUT2D eigenvalue weighted by Gasteiger charge is -2.40. The summed E-state index contributed by atoms with van der Waals surface area (Å²) in [5, 5.41) is 12.9. The Hall–Kier alpha value is -2.37. The van der Waals surface area contributed by atoms with Crippen LogP contribution in [-0.2, 0) is 6.54 Å². The summed E-state index contributed by atoms with van der Waals surface area (Å²) in [5.41, 5.74) is 1.85. The van der Waals surface area contributed by atoms with Crippen molar-refractivity contribution in [2.45, 2.75) is 19.4 Å². The molecule has 108 valence electrons. The van der Waals surface area contributed by atoms with Crippen LogP contribution in [0.5, 0.6) is 0 Å². The highest BCUT2D eigenvalue weighted by atomic mass is 16.4. The number of hydrogen-bond acceptors (Lipinski definition) is 4. The predicted molar refractivity (Wildman–Crippen MR) is 76.4 cm³/mol. The lowest BCUT2D eigenvalue weighted by molar-refractivity contribution is 0.0697. The van der Waals surface area contributed by atoms with E-state index in [0.717, 1.165) is 24.5 Å². The van der Waals surface area contributed by atoms with E-state index in [2.05, 4.69) is 15.0 Å². The Morgan fingerprint density at radius 2 is 2.10 bits per heavy atom. The van der Waals surface area contributed by atoms with Gasteiger partial charge in [-0.1, -0.05) is 6.07 Å². The minimum Gasteiger partial charge on any atom is -0.478 e. The van der Waals surface area contributed by atoms with Gasteiger partial charge in [0.2, 0.25) is 0 Å². The van der Waals surface area contributed by atoms with Crippen LogP contribution in [0.25, 0.3) is 0 Å². The first-order valence-corrected chi connectivity index (χ1v) is 7.09. The number of pyridine rings is 1. The van der Waals surface area contributed by atoms with Crippen molar-refractivity contribution < 1.29 is 9.90 Å². The normalized spacial score (nSPS) is 18.6. The summed E-state index contributed by atoms with van der Waals surface area (Å²) in [6, 6.07) is 4.06. The van der Waals surface area contributed by atoms with Crippen LogP contribution in [0.3, 0.4) is 0 Å². The van der Waals surface area contributed by atoms with Crippen molar-refractivity contribution in [1.82, 2.24) is 14.8 Å². The van der Waals surface area contributed by atoms with Gasteiger partial charge in [-0.3, -0.25) is 4.68 Å². The van der Waals surface area contributed by atoms with Crippen LogP contribution in [0.15, 0.2) is 30.7 Å². The quantitative estimate of drug-likeness (QED) is 0.924. The van der Waals surface area contributed by atoms with Gasteiger partial charge in [0.15, 0.2) is 0 Å². The molecule has 21 heavy (non-hydrogen) atoms. The highest BCUT2D eigenvalue weighted by Crippen LogP contribution is 2.53. The van der Waals surface area contributed by atoms with E-state index >= 15 is 0 Å². The van der Waals surface area contributed by atoms with Crippen molar-refractivity contribution in [1.29, 1.82) is 0 Å². The number of carbonyl (C=O) groups is 1. The number of anilines is 1. The van der Waals surface area contributed by atoms with Gasteiger partial charge in [0.05, 0.1) is 18.3 Å². The molecule has 0 aromatic carbocycles. The number of nitrogens with zero attached hydrogens (tertiary/aromatic N) is 4. The molecule has 2 aliphatic rings. The zero-order chi connectivity index (χ0) is 14.4. The zero-order valence-corrected chi connectivity index (χ0v) is 11.6. The molecule has 0 atom stereocenters. The fraction of sp³-hybridized carbons (Fsp3) is 0.400. The Balaban J connectivity index is 1.42. The number of carboxylic acid groups (broad SMARTS) is 1. The topological polar surface area (TPSA) is 71.2 Å². The lowest BCUT2D eigenvalue weighted by Crippen LogP contribution is -2.48. The summed E-state index contributed by atoms with van der Waals surface area (Å²) in [6.07, 6.45) is 7.47. The summed E-state index contributed by atoms with van der Waals surface area (Å²) < 4.78 is 1.61.